The third kappa shape index (κ3) is 4.53. The van der Waals surface area contributed by atoms with Crippen LogP contribution in [0.1, 0.15) is 67.2 Å². The molecule has 0 aliphatic carbocycles. The van der Waals surface area contributed by atoms with E-state index in [-0.39, 0.29) is 11.1 Å². The Hall–Kier alpha value is -0.455. The van der Waals surface area contributed by atoms with Gasteiger partial charge in [-0.2, -0.15) is 0 Å². The summed E-state index contributed by atoms with van der Waals surface area (Å²) < 4.78 is 6.22. The van der Waals surface area contributed by atoms with Crippen molar-refractivity contribution < 1.29 is 4.74 Å². The molecule has 2 nitrogen and oxygen atoms in total. The summed E-state index contributed by atoms with van der Waals surface area (Å²) in [5.41, 5.74) is 0.395. The molecule has 0 aromatic carbocycles. The standard InChI is InChI=1S/C17H32BNO/c1-7-9-10-14(8-2)13-20-15-11-16(3,4)19(18)17(5,6)12-15/h14-15H,7-8,11-13,18H2,1-6H3. The van der Waals surface area contributed by atoms with Gasteiger partial charge in [0.25, 0.3) is 0 Å². The lowest BCUT2D eigenvalue weighted by Crippen LogP contribution is -2.61. The van der Waals surface area contributed by atoms with E-state index in [1.165, 1.54) is 0 Å². The Morgan fingerprint density at radius 1 is 1.20 bits per heavy atom. The van der Waals surface area contributed by atoms with E-state index in [1.807, 2.05) is 0 Å². The highest BCUT2D eigenvalue weighted by atomic mass is 16.5. The molecule has 1 aliphatic rings. The summed E-state index contributed by atoms with van der Waals surface area (Å²) in [6.07, 6.45) is 4.57. The molecule has 0 amide bonds. The monoisotopic (exact) mass is 277 g/mol. The smallest absolute Gasteiger partial charge is 0.186 e. The number of hydrogen-bond acceptors (Lipinski definition) is 2. The number of hydrogen-bond donors (Lipinski definition) is 0. The van der Waals surface area contributed by atoms with E-state index >= 15 is 0 Å². The van der Waals surface area contributed by atoms with Gasteiger partial charge >= 0.3 is 0 Å². The van der Waals surface area contributed by atoms with Crippen LogP contribution in [0.2, 0.25) is 0 Å². The van der Waals surface area contributed by atoms with Crippen LogP contribution in [0, 0.1) is 17.8 Å². The average molecular weight is 277 g/mol. The van der Waals surface area contributed by atoms with Crippen LogP contribution < -0.4 is 0 Å². The predicted octanol–water partition coefficient (Wildman–Crippen LogP) is 3.01. The summed E-state index contributed by atoms with van der Waals surface area (Å²) in [5, 5.41) is 0. The molecule has 1 saturated heterocycles. The molecular weight excluding hydrogens is 245 g/mol. The highest BCUT2D eigenvalue weighted by Crippen LogP contribution is 2.37. The zero-order valence-corrected chi connectivity index (χ0v) is 14.5. The maximum absolute atomic E-state index is 6.22. The lowest BCUT2D eigenvalue weighted by molar-refractivity contribution is -0.0688. The molecule has 1 atom stereocenters. The minimum atomic E-state index is 0.198. The molecule has 0 aromatic rings. The van der Waals surface area contributed by atoms with Gasteiger partial charge in [0.15, 0.2) is 7.98 Å². The SMILES string of the molecule is BN1C(C)(C)CC(OCC(C#CCC)CC)CC1(C)C. The maximum Gasteiger partial charge on any atom is 0.186 e. The van der Waals surface area contributed by atoms with Gasteiger partial charge in [-0.05, 0) is 47.0 Å². The first-order valence-electron chi connectivity index (χ1n) is 8.07. The quantitative estimate of drug-likeness (QED) is 0.578. The number of piperidine rings is 1. The summed E-state index contributed by atoms with van der Waals surface area (Å²) in [7, 11) is 2.23. The van der Waals surface area contributed by atoms with E-state index < -0.39 is 0 Å². The molecule has 1 unspecified atom stereocenters. The molecule has 0 spiro atoms. The van der Waals surface area contributed by atoms with Gasteiger partial charge in [-0.15, -0.1) is 5.92 Å². The lowest BCUT2D eigenvalue weighted by atomic mass is 9.75. The first-order chi connectivity index (χ1) is 9.23. The van der Waals surface area contributed by atoms with Crippen LogP contribution in [0.15, 0.2) is 0 Å². The van der Waals surface area contributed by atoms with E-state index in [0.29, 0.717) is 12.0 Å². The molecule has 1 fully saturated rings. The van der Waals surface area contributed by atoms with Crippen molar-refractivity contribution in [3.8, 4) is 11.8 Å². The van der Waals surface area contributed by atoms with Crippen molar-refractivity contribution >= 4 is 7.98 Å². The van der Waals surface area contributed by atoms with Crippen LogP contribution >= 0.6 is 0 Å². The molecular formula is C17H32BNO. The lowest BCUT2D eigenvalue weighted by Gasteiger charge is -2.54. The summed E-state index contributed by atoms with van der Waals surface area (Å²) >= 11 is 0. The molecule has 0 aromatic heterocycles. The van der Waals surface area contributed by atoms with Crippen LogP contribution in [0.4, 0.5) is 0 Å². The van der Waals surface area contributed by atoms with Gasteiger partial charge in [0.1, 0.15) is 0 Å². The molecule has 1 rings (SSSR count). The molecule has 20 heavy (non-hydrogen) atoms. The fourth-order valence-corrected chi connectivity index (χ4v) is 3.16. The van der Waals surface area contributed by atoms with Crippen LogP contribution in [-0.4, -0.2) is 36.6 Å². The average Bonchev–Trinajstić information content (AvgIpc) is 2.35. The van der Waals surface area contributed by atoms with E-state index in [9.17, 15) is 0 Å². The second-order valence-electron chi connectivity index (χ2n) is 7.33. The molecule has 0 radical (unpaired) electrons. The number of ether oxygens (including phenoxy) is 1. The van der Waals surface area contributed by atoms with Crippen molar-refractivity contribution in [1.29, 1.82) is 0 Å². The van der Waals surface area contributed by atoms with Gasteiger partial charge in [-0.25, -0.2) is 0 Å². The molecule has 1 heterocycles. The van der Waals surface area contributed by atoms with E-state index in [1.54, 1.807) is 0 Å². The van der Waals surface area contributed by atoms with Crippen molar-refractivity contribution in [2.24, 2.45) is 5.92 Å². The summed E-state index contributed by atoms with van der Waals surface area (Å²) in [6, 6.07) is 0. The number of nitrogens with zero attached hydrogens (tertiary/aromatic N) is 1. The van der Waals surface area contributed by atoms with E-state index in [4.69, 9.17) is 4.74 Å². The zero-order chi connectivity index (χ0) is 15.4. The van der Waals surface area contributed by atoms with Crippen LogP contribution in [0.25, 0.3) is 0 Å². The zero-order valence-electron chi connectivity index (χ0n) is 14.5. The highest BCUT2D eigenvalue weighted by molar-refractivity contribution is 6.05. The van der Waals surface area contributed by atoms with Gasteiger partial charge in [-0.3, -0.25) is 0 Å². The van der Waals surface area contributed by atoms with Gasteiger partial charge in [0.2, 0.25) is 0 Å². The largest absolute Gasteiger partial charge is 0.377 e. The van der Waals surface area contributed by atoms with E-state index in [0.717, 1.165) is 32.3 Å². The summed E-state index contributed by atoms with van der Waals surface area (Å²) in [6.45, 7) is 14.3. The molecule has 0 N–H and O–H groups in total. The molecule has 1 aliphatic heterocycles. The second-order valence-corrected chi connectivity index (χ2v) is 7.33. The molecule has 3 heteroatoms. The topological polar surface area (TPSA) is 12.5 Å². The molecule has 0 saturated carbocycles. The minimum absolute atomic E-state index is 0.198. The normalized spacial score (nSPS) is 23.9. The fraction of sp³-hybridized carbons (Fsp3) is 0.882. The van der Waals surface area contributed by atoms with Crippen molar-refractivity contribution in [1.82, 2.24) is 4.81 Å². The first-order valence-corrected chi connectivity index (χ1v) is 8.07. The van der Waals surface area contributed by atoms with Gasteiger partial charge in [0.05, 0.1) is 12.7 Å². The Labute approximate surface area is 127 Å². The van der Waals surface area contributed by atoms with Crippen molar-refractivity contribution in [3.63, 3.8) is 0 Å². The van der Waals surface area contributed by atoms with Crippen LogP contribution in [0.3, 0.4) is 0 Å². The van der Waals surface area contributed by atoms with E-state index in [2.05, 4.69) is 66.2 Å². The molecule has 0 bridgehead atoms. The second kappa shape index (κ2) is 7.01. The predicted molar refractivity (Wildman–Crippen MR) is 89.4 cm³/mol. The third-order valence-corrected chi connectivity index (χ3v) is 4.78. The summed E-state index contributed by atoms with van der Waals surface area (Å²) in [5.74, 6) is 6.90. The highest BCUT2D eigenvalue weighted by Gasteiger charge is 2.42. The first kappa shape index (κ1) is 17.6. The Balaban J connectivity index is 2.60. The van der Waals surface area contributed by atoms with Gasteiger partial charge in [-0.1, -0.05) is 19.8 Å². The van der Waals surface area contributed by atoms with Crippen molar-refractivity contribution in [2.75, 3.05) is 6.61 Å². The Morgan fingerprint density at radius 3 is 2.20 bits per heavy atom. The Kier molecular flexibility index (Phi) is 6.16. The van der Waals surface area contributed by atoms with Gasteiger partial charge in [0, 0.05) is 23.4 Å². The fourth-order valence-electron chi connectivity index (χ4n) is 3.16. The van der Waals surface area contributed by atoms with Crippen molar-refractivity contribution in [3.05, 3.63) is 0 Å². The summed E-state index contributed by atoms with van der Waals surface area (Å²) in [4.78, 5) is 2.49. The van der Waals surface area contributed by atoms with Crippen LogP contribution in [0.5, 0.6) is 0 Å². The Bertz CT molecular complexity index is 349. The molecule has 114 valence electrons. The van der Waals surface area contributed by atoms with Crippen molar-refractivity contribution in [2.45, 2.75) is 84.4 Å². The van der Waals surface area contributed by atoms with Crippen LogP contribution in [-0.2, 0) is 4.74 Å². The third-order valence-electron chi connectivity index (χ3n) is 4.78. The maximum atomic E-state index is 6.22. The Morgan fingerprint density at radius 2 is 1.75 bits per heavy atom. The van der Waals surface area contributed by atoms with Gasteiger partial charge < -0.3 is 9.55 Å². The number of rotatable bonds is 4. The minimum Gasteiger partial charge on any atom is -0.377 e.